The molecule has 2 rings (SSSR count). The van der Waals surface area contributed by atoms with Crippen LogP contribution in [0.1, 0.15) is 43.6 Å². The fraction of sp³-hybridized carbons (Fsp3) is 0.316. The Morgan fingerprint density at radius 2 is 1.78 bits per heavy atom. The average Bonchev–Trinajstić information content (AvgIpc) is 2.57. The van der Waals surface area contributed by atoms with Crippen LogP contribution in [0.15, 0.2) is 36.4 Å². The molecule has 1 amide bonds. The third-order valence-corrected chi connectivity index (χ3v) is 5.57. The lowest BCUT2D eigenvalue weighted by Gasteiger charge is -2.23. The Labute approximate surface area is 164 Å². The predicted octanol–water partition coefficient (Wildman–Crippen LogP) is 4.36. The summed E-state index contributed by atoms with van der Waals surface area (Å²) in [7, 11) is -3.63. The summed E-state index contributed by atoms with van der Waals surface area (Å²) in [6.45, 7) is 7.06. The largest absolute Gasteiger partial charge is 0.505 e. The molecule has 8 heteroatoms. The van der Waals surface area contributed by atoms with E-state index in [9.17, 15) is 18.3 Å². The first-order chi connectivity index (χ1) is 12.4. The van der Waals surface area contributed by atoms with Gasteiger partial charge in [0.2, 0.25) is 10.0 Å². The van der Waals surface area contributed by atoms with E-state index < -0.39 is 21.3 Å². The highest BCUT2D eigenvalue weighted by Crippen LogP contribution is 2.38. The highest BCUT2D eigenvalue weighted by atomic mass is 35.5. The van der Waals surface area contributed by atoms with Gasteiger partial charge in [-0.15, -0.1) is 0 Å². The van der Waals surface area contributed by atoms with Crippen LogP contribution in [0.3, 0.4) is 0 Å². The summed E-state index contributed by atoms with van der Waals surface area (Å²) in [6.07, 6.45) is 0. The van der Waals surface area contributed by atoms with E-state index in [1.54, 1.807) is 30.3 Å². The van der Waals surface area contributed by atoms with Crippen molar-refractivity contribution < 1.29 is 18.3 Å². The Morgan fingerprint density at radius 3 is 2.33 bits per heavy atom. The molecule has 6 nitrogen and oxygen atoms in total. The van der Waals surface area contributed by atoms with Crippen molar-refractivity contribution in [3.8, 4) is 5.75 Å². The third kappa shape index (κ3) is 5.14. The minimum absolute atomic E-state index is 0.0337. The Hall–Kier alpha value is -2.25. The van der Waals surface area contributed by atoms with Gasteiger partial charge in [0.05, 0.1) is 22.2 Å². The molecule has 0 heterocycles. The normalized spacial score (nSPS) is 11.9. The Balaban J connectivity index is 2.52. The number of aromatic hydroxyl groups is 1. The summed E-state index contributed by atoms with van der Waals surface area (Å²) in [6, 6.07) is 9.64. The average molecular weight is 411 g/mol. The Bertz CT molecular complexity index is 966. The SMILES string of the molecule is CCS(=O)(=O)Nc1cc(C(=O)Nc2ccccc2Cl)cc(C(C)(C)C)c1O. The van der Waals surface area contributed by atoms with Crippen LogP contribution in [0.2, 0.25) is 5.02 Å². The van der Waals surface area contributed by atoms with Gasteiger partial charge in [0, 0.05) is 11.1 Å². The molecule has 0 aliphatic heterocycles. The number of phenolic OH excluding ortho intramolecular Hbond substituents is 1. The predicted molar refractivity (Wildman–Crippen MR) is 109 cm³/mol. The van der Waals surface area contributed by atoms with Crippen LogP contribution in [-0.4, -0.2) is 25.2 Å². The lowest BCUT2D eigenvalue weighted by Crippen LogP contribution is -2.20. The van der Waals surface area contributed by atoms with Crippen molar-refractivity contribution in [1.82, 2.24) is 0 Å². The smallest absolute Gasteiger partial charge is 0.255 e. The molecular weight excluding hydrogens is 388 g/mol. The zero-order valence-corrected chi connectivity index (χ0v) is 17.2. The van der Waals surface area contributed by atoms with Gasteiger partial charge in [-0.05, 0) is 36.6 Å². The van der Waals surface area contributed by atoms with E-state index in [0.29, 0.717) is 16.3 Å². The fourth-order valence-electron chi connectivity index (χ4n) is 2.41. The number of halogens is 1. The zero-order chi connectivity index (χ0) is 20.4. The fourth-order valence-corrected chi connectivity index (χ4v) is 3.23. The quantitative estimate of drug-likeness (QED) is 0.638. The number of phenols is 1. The second kappa shape index (κ2) is 7.78. The lowest BCUT2D eigenvalue weighted by molar-refractivity contribution is 0.102. The molecule has 0 unspecified atom stereocenters. The molecule has 0 spiro atoms. The van der Waals surface area contributed by atoms with Gasteiger partial charge < -0.3 is 10.4 Å². The monoisotopic (exact) mass is 410 g/mol. The number of carbonyl (C=O) groups excluding carboxylic acids is 1. The van der Waals surface area contributed by atoms with Crippen molar-refractivity contribution in [1.29, 1.82) is 0 Å². The number of carbonyl (C=O) groups is 1. The highest BCUT2D eigenvalue weighted by Gasteiger charge is 2.25. The summed E-state index contributed by atoms with van der Waals surface area (Å²) in [5.41, 5.74) is 0.533. The van der Waals surface area contributed by atoms with Gasteiger partial charge in [-0.3, -0.25) is 9.52 Å². The Morgan fingerprint density at radius 1 is 1.15 bits per heavy atom. The molecule has 0 atom stereocenters. The van der Waals surface area contributed by atoms with E-state index in [2.05, 4.69) is 10.0 Å². The standard InChI is InChI=1S/C19H23ClN2O4S/c1-5-27(25,26)22-16-11-12(10-13(17(16)23)19(2,3)4)18(24)21-15-9-7-6-8-14(15)20/h6-11,22-23H,5H2,1-4H3,(H,21,24). The Kier molecular flexibility index (Phi) is 6.07. The van der Waals surface area contributed by atoms with Gasteiger partial charge >= 0.3 is 0 Å². The number of rotatable bonds is 5. The molecule has 0 aromatic heterocycles. The van der Waals surface area contributed by atoms with E-state index >= 15 is 0 Å². The molecule has 0 radical (unpaired) electrons. The second-order valence-electron chi connectivity index (χ2n) is 7.11. The summed E-state index contributed by atoms with van der Waals surface area (Å²) < 4.78 is 26.3. The molecule has 2 aromatic carbocycles. The molecular formula is C19H23ClN2O4S. The molecule has 0 saturated heterocycles. The van der Waals surface area contributed by atoms with Crippen LogP contribution in [-0.2, 0) is 15.4 Å². The van der Waals surface area contributed by atoms with E-state index in [1.807, 2.05) is 20.8 Å². The van der Waals surface area contributed by atoms with E-state index in [4.69, 9.17) is 11.6 Å². The first-order valence-corrected chi connectivity index (χ1v) is 10.4. The van der Waals surface area contributed by atoms with Crippen molar-refractivity contribution in [3.63, 3.8) is 0 Å². The summed E-state index contributed by atoms with van der Waals surface area (Å²) in [5, 5.41) is 13.6. The molecule has 0 saturated carbocycles. The van der Waals surface area contributed by atoms with Gasteiger partial charge in [0.25, 0.3) is 5.91 Å². The third-order valence-electron chi connectivity index (χ3n) is 3.95. The summed E-state index contributed by atoms with van der Waals surface area (Å²) >= 11 is 6.08. The first kappa shape index (κ1) is 21.1. The van der Waals surface area contributed by atoms with Gasteiger partial charge in [0.15, 0.2) is 0 Å². The van der Waals surface area contributed by atoms with Crippen LogP contribution >= 0.6 is 11.6 Å². The van der Waals surface area contributed by atoms with Crippen molar-refractivity contribution in [2.24, 2.45) is 0 Å². The molecule has 0 bridgehead atoms. The van der Waals surface area contributed by atoms with Crippen molar-refractivity contribution >= 4 is 38.9 Å². The van der Waals surface area contributed by atoms with Crippen LogP contribution in [0.25, 0.3) is 0 Å². The number of amides is 1. The van der Waals surface area contributed by atoms with Crippen molar-refractivity contribution in [2.45, 2.75) is 33.1 Å². The van der Waals surface area contributed by atoms with E-state index in [1.165, 1.54) is 13.0 Å². The molecule has 146 valence electrons. The molecule has 27 heavy (non-hydrogen) atoms. The van der Waals surface area contributed by atoms with Crippen molar-refractivity contribution in [2.75, 3.05) is 15.8 Å². The molecule has 3 N–H and O–H groups in total. The van der Waals surface area contributed by atoms with E-state index in [-0.39, 0.29) is 22.8 Å². The molecule has 0 fully saturated rings. The topological polar surface area (TPSA) is 95.5 Å². The molecule has 0 aliphatic rings. The molecule has 0 aliphatic carbocycles. The zero-order valence-electron chi connectivity index (χ0n) is 15.6. The maximum absolute atomic E-state index is 12.7. The maximum atomic E-state index is 12.7. The second-order valence-corrected chi connectivity index (χ2v) is 9.53. The number of sulfonamides is 1. The minimum atomic E-state index is -3.63. The first-order valence-electron chi connectivity index (χ1n) is 8.38. The van der Waals surface area contributed by atoms with Crippen LogP contribution in [0.4, 0.5) is 11.4 Å². The van der Waals surface area contributed by atoms with Crippen LogP contribution < -0.4 is 10.0 Å². The number of nitrogens with one attached hydrogen (secondary N) is 2. The summed E-state index contributed by atoms with van der Waals surface area (Å²) in [5.74, 6) is -0.827. The lowest BCUT2D eigenvalue weighted by atomic mass is 9.85. The molecule has 2 aromatic rings. The number of hydrogen-bond acceptors (Lipinski definition) is 4. The van der Waals surface area contributed by atoms with Crippen LogP contribution in [0.5, 0.6) is 5.75 Å². The van der Waals surface area contributed by atoms with Gasteiger partial charge in [0.1, 0.15) is 5.75 Å². The number of hydrogen-bond donors (Lipinski definition) is 3. The van der Waals surface area contributed by atoms with Gasteiger partial charge in [-0.1, -0.05) is 44.5 Å². The van der Waals surface area contributed by atoms with Crippen molar-refractivity contribution in [3.05, 3.63) is 52.5 Å². The summed E-state index contributed by atoms with van der Waals surface area (Å²) in [4.78, 5) is 12.7. The number of benzene rings is 2. The van der Waals surface area contributed by atoms with E-state index in [0.717, 1.165) is 0 Å². The van der Waals surface area contributed by atoms with Gasteiger partial charge in [-0.25, -0.2) is 8.42 Å². The van der Waals surface area contributed by atoms with Crippen LogP contribution in [0, 0.1) is 0 Å². The maximum Gasteiger partial charge on any atom is 0.255 e. The highest BCUT2D eigenvalue weighted by molar-refractivity contribution is 7.92. The van der Waals surface area contributed by atoms with Gasteiger partial charge in [-0.2, -0.15) is 0 Å². The number of anilines is 2. The number of para-hydroxylation sites is 1. The minimum Gasteiger partial charge on any atom is -0.505 e.